The summed E-state index contributed by atoms with van der Waals surface area (Å²) in [4.78, 5) is 27.8. The summed E-state index contributed by atoms with van der Waals surface area (Å²) in [7, 11) is 1.83. The predicted octanol–water partition coefficient (Wildman–Crippen LogP) is 5.60. The Morgan fingerprint density at radius 2 is 2.16 bits per heavy atom. The second-order valence-corrected chi connectivity index (χ2v) is 14.4. The third kappa shape index (κ3) is 5.34. The topological polar surface area (TPSA) is 115 Å². The monoisotopic (exact) mass is 711 g/mol. The first-order valence-electron chi connectivity index (χ1n) is 16.2. The average molecular weight is 712 g/mol. The Morgan fingerprint density at radius 3 is 2.90 bits per heavy atom. The number of fused-ring (bicyclic) bond motifs is 3. The molecule has 49 heavy (non-hydrogen) atoms. The molecule has 3 saturated heterocycles. The van der Waals surface area contributed by atoms with Crippen LogP contribution in [0.15, 0.2) is 30.9 Å². The van der Waals surface area contributed by atoms with E-state index in [4.69, 9.17) is 27.1 Å². The van der Waals surface area contributed by atoms with E-state index in [1.165, 1.54) is 18.2 Å². The highest BCUT2D eigenvalue weighted by atomic mass is 35.5. The van der Waals surface area contributed by atoms with Crippen LogP contribution in [-0.2, 0) is 4.79 Å². The van der Waals surface area contributed by atoms with Crippen molar-refractivity contribution in [1.82, 2.24) is 19.8 Å². The third-order valence-corrected chi connectivity index (χ3v) is 11.7. The van der Waals surface area contributed by atoms with Gasteiger partial charge in [0.25, 0.3) is 5.13 Å². The van der Waals surface area contributed by atoms with Gasteiger partial charge < -0.3 is 20.3 Å². The molecule has 0 bridgehead atoms. The molecule has 0 spiro atoms. The molecular weight excluding hydrogens is 677 g/mol. The van der Waals surface area contributed by atoms with Gasteiger partial charge in [-0.25, -0.2) is 13.2 Å². The molecule has 4 unspecified atom stereocenters. The highest BCUT2D eigenvalue weighted by molar-refractivity contribution is 7.21. The summed E-state index contributed by atoms with van der Waals surface area (Å²) in [6.07, 6.45) is 5.57. The first-order chi connectivity index (χ1) is 23.5. The number of ether oxygens (including phenoxy) is 1. The van der Waals surface area contributed by atoms with Crippen molar-refractivity contribution in [3.05, 3.63) is 47.5 Å². The number of likely N-dealkylation sites (N-methyl/N-ethyl adjacent to an activating group) is 1. The van der Waals surface area contributed by atoms with Crippen LogP contribution in [0.1, 0.15) is 39.0 Å². The van der Waals surface area contributed by atoms with Gasteiger partial charge in [0.15, 0.2) is 5.82 Å². The van der Waals surface area contributed by atoms with Crippen molar-refractivity contribution in [3.8, 4) is 23.3 Å². The molecule has 7 rings (SSSR count). The number of rotatable bonds is 8. The van der Waals surface area contributed by atoms with E-state index in [9.17, 15) is 18.8 Å². The molecule has 1 amide bonds. The van der Waals surface area contributed by atoms with Gasteiger partial charge in [-0.15, -0.1) is 4.57 Å². The highest BCUT2D eigenvalue weighted by Crippen LogP contribution is 2.44. The van der Waals surface area contributed by atoms with E-state index in [0.717, 1.165) is 35.3 Å². The summed E-state index contributed by atoms with van der Waals surface area (Å²) in [6.45, 7) is 7.40. The van der Waals surface area contributed by atoms with Crippen molar-refractivity contribution in [2.75, 3.05) is 43.9 Å². The minimum Gasteiger partial charge on any atom is -0.461 e. The summed E-state index contributed by atoms with van der Waals surface area (Å²) in [5, 5.41) is 10.2. The lowest BCUT2D eigenvalue weighted by Gasteiger charge is -2.34. The molecule has 2 aromatic carbocycles. The lowest BCUT2D eigenvalue weighted by molar-refractivity contribution is -0.536. The maximum Gasteiger partial charge on any atom is 0.376 e. The molecule has 0 aliphatic carbocycles. The largest absolute Gasteiger partial charge is 0.461 e. The lowest BCUT2D eigenvalue weighted by Crippen LogP contribution is -2.45. The number of carbonyl (C=O) groups is 1. The molecule has 4 aromatic rings. The van der Waals surface area contributed by atoms with Gasteiger partial charge >= 0.3 is 12.2 Å². The summed E-state index contributed by atoms with van der Waals surface area (Å²) in [5.74, 6) is -1.26. The van der Waals surface area contributed by atoms with Gasteiger partial charge in [0.2, 0.25) is 5.91 Å². The first-order valence-corrected chi connectivity index (χ1v) is 17.4. The van der Waals surface area contributed by atoms with Gasteiger partial charge in [-0.2, -0.15) is 9.97 Å². The maximum atomic E-state index is 17.1. The zero-order valence-corrected chi connectivity index (χ0v) is 28.6. The molecule has 5 heterocycles. The molecule has 0 saturated carbocycles. The number of amides is 1. The normalized spacial score (nSPS) is 23.7. The SMILES string of the molecule is C=CC(=O)N1CCC(N(C)c2nc(OCC34CCCN3CC(F)C4)nc3c(F)c(-c4ccc(F)c5sc(N)[n+](C#N)c45)c(Cl)cc23)C1CC. The zero-order valence-electron chi connectivity index (χ0n) is 27.1. The van der Waals surface area contributed by atoms with Crippen LogP contribution in [0, 0.1) is 23.1 Å². The van der Waals surface area contributed by atoms with Gasteiger partial charge in [0.05, 0.1) is 22.6 Å². The third-order valence-electron chi connectivity index (χ3n) is 10.4. The molecule has 10 nitrogen and oxygen atoms in total. The predicted molar refractivity (Wildman–Crippen MR) is 182 cm³/mol. The van der Waals surface area contributed by atoms with Crippen LogP contribution in [0.25, 0.3) is 32.2 Å². The first kappa shape index (κ1) is 33.3. The Bertz CT molecular complexity index is 2060. The molecule has 0 radical (unpaired) electrons. The zero-order chi connectivity index (χ0) is 34.8. The minimum atomic E-state index is -0.963. The molecule has 3 fully saturated rings. The van der Waals surface area contributed by atoms with E-state index >= 15 is 4.39 Å². The second-order valence-electron chi connectivity index (χ2n) is 13.0. The number of hydrogen-bond donors (Lipinski definition) is 1. The van der Waals surface area contributed by atoms with Crippen LogP contribution in [0.5, 0.6) is 6.01 Å². The van der Waals surface area contributed by atoms with Crippen LogP contribution >= 0.6 is 22.9 Å². The molecule has 256 valence electrons. The number of aromatic nitrogens is 3. The smallest absolute Gasteiger partial charge is 0.376 e. The molecule has 3 aliphatic heterocycles. The molecule has 15 heteroatoms. The Balaban J connectivity index is 1.39. The lowest BCUT2D eigenvalue weighted by atomic mass is 9.95. The number of halogens is 4. The Kier molecular flexibility index (Phi) is 8.57. The average Bonchev–Trinajstić information content (AvgIpc) is 3.84. The van der Waals surface area contributed by atoms with Gasteiger partial charge in [0, 0.05) is 48.3 Å². The number of thiazole rings is 1. The van der Waals surface area contributed by atoms with Crippen molar-refractivity contribution in [1.29, 1.82) is 5.26 Å². The summed E-state index contributed by atoms with van der Waals surface area (Å²) in [6, 6.07) is 3.64. The number of likely N-dealkylation sites (tertiary alicyclic amines) is 1. The number of alkyl halides is 1. The molecule has 2 N–H and O–H groups in total. The van der Waals surface area contributed by atoms with Crippen molar-refractivity contribution in [2.24, 2.45) is 0 Å². The minimum absolute atomic E-state index is 0.0126. The van der Waals surface area contributed by atoms with Crippen molar-refractivity contribution in [2.45, 2.75) is 62.8 Å². The van der Waals surface area contributed by atoms with Crippen LogP contribution < -0.4 is 19.9 Å². The van der Waals surface area contributed by atoms with E-state index in [0.29, 0.717) is 43.6 Å². The van der Waals surface area contributed by atoms with E-state index in [-0.39, 0.29) is 67.6 Å². The number of nitrogen functional groups attached to an aromatic ring is 1. The van der Waals surface area contributed by atoms with Gasteiger partial charge in [-0.05, 0) is 56.5 Å². The van der Waals surface area contributed by atoms with E-state index in [1.807, 2.05) is 25.1 Å². The quantitative estimate of drug-likeness (QED) is 0.186. The Hall–Kier alpha value is -4.19. The van der Waals surface area contributed by atoms with E-state index in [1.54, 1.807) is 11.0 Å². The molecule has 2 aromatic heterocycles. The fourth-order valence-corrected chi connectivity index (χ4v) is 9.33. The van der Waals surface area contributed by atoms with Crippen molar-refractivity contribution in [3.63, 3.8) is 0 Å². The van der Waals surface area contributed by atoms with Gasteiger partial charge in [-0.3, -0.25) is 9.69 Å². The summed E-state index contributed by atoms with van der Waals surface area (Å²) in [5.41, 5.74) is 5.59. The van der Waals surface area contributed by atoms with Crippen molar-refractivity contribution < 1.29 is 27.3 Å². The summed E-state index contributed by atoms with van der Waals surface area (Å²) >= 11 is 7.73. The van der Waals surface area contributed by atoms with E-state index < -0.39 is 23.3 Å². The van der Waals surface area contributed by atoms with Crippen LogP contribution in [0.2, 0.25) is 5.02 Å². The number of hydrogen-bond acceptors (Lipinski definition) is 9. The van der Waals surface area contributed by atoms with Crippen LogP contribution in [0.3, 0.4) is 0 Å². The number of nitrogens with two attached hydrogens (primary N) is 1. The van der Waals surface area contributed by atoms with Crippen LogP contribution in [0.4, 0.5) is 24.1 Å². The fourth-order valence-electron chi connectivity index (χ4n) is 8.14. The summed E-state index contributed by atoms with van der Waals surface area (Å²) < 4.78 is 53.9. The number of nitriles is 1. The highest BCUT2D eigenvalue weighted by Gasteiger charge is 2.49. The molecule has 3 aliphatic rings. The maximum absolute atomic E-state index is 17.1. The number of anilines is 2. The van der Waals surface area contributed by atoms with Crippen molar-refractivity contribution >= 4 is 60.9 Å². The molecule has 4 atom stereocenters. The molecular formula is C34H35ClF3N8O2S+. The Morgan fingerprint density at radius 1 is 1.37 bits per heavy atom. The van der Waals surface area contributed by atoms with Gasteiger partial charge in [0.1, 0.15) is 40.1 Å². The Labute approximate surface area is 290 Å². The van der Waals surface area contributed by atoms with Crippen LogP contribution in [-0.4, -0.2) is 82.8 Å². The van der Waals surface area contributed by atoms with Gasteiger partial charge in [-0.1, -0.05) is 36.4 Å². The number of benzene rings is 2. The number of carbonyl (C=O) groups excluding carboxylic acids is 1. The number of nitrogens with zero attached hydrogens (tertiary/aromatic N) is 7. The van der Waals surface area contributed by atoms with E-state index in [2.05, 4.69) is 16.5 Å². The standard InChI is InChI=1S/C34H34ClF3N8O2S/c1-4-23-24(9-12-45(23)25(47)5-2)43(3)31-20-13-21(35)26(19-7-8-22(37)30-29(19)46(17-39)32(40)49-30)27(38)28(20)41-33(42-31)48-16-34-10-6-11-44(34)15-18(36)14-34/h5,7-8,13,18,23-24,40H,2,4,6,9-12,14-16H2,1,3H3/p+1. The second kappa shape index (κ2) is 12.6. The fraction of sp³-hybridized carbons (Fsp3) is 0.441.